The van der Waals surface area contributed by atoms with Crippen molar-refractivity contribution in [2.75, 3.05) is 5.32 Å². The first-order valence-corrected chi connectivity index (χ1v) is 5.82. The van der Waals surface area contributed by atoms with Crippen LogP contribution in [0.15, 0.2) is 22.7 Å². The zero-order valence-electron chi connectivity index (χ0n) is 10.9. The molecule has 8 nitrogen and oxygen atoms in total. The highest BCUT2D eigenvalue weighted by molar-refractivity contribution is 5.93. The maximum absolute atomic E-state index is 13.2. The van der Waals surface area contributed by atoms with Crippen LogP contribution in [0.25, 0.3) is 0 Å². The number of aromatic carboxylic acids is 1. The van der Waals surface area contributed by atoms with Crippen molar-refractivity contribution < 1.29 is 23.6 Å². The van der Waals surface area contributed by atoms with Crippen LogP contribution in [-0.4, -0.2) is 27.2 Å². The molecule has 1 aromatic carbocycles. The van der Waals surface area contributed by atoms with Crippen LogP contribution in [-0.2, 0) is 6.54 Å². The first-order chi connectivity index (χ1) is 9.95. The van der Waals surface area contributed by atoms with Gasteiger partial charge in [0.2, 0.25) is 5.89 Å². The smallest absolute Gasteiger partial charge is 0.338 e. The number of hydrogen-bond acceptors (Lipinski definition) is 5. The molecule has 9 heteroatoms. The van der Waals surface area contributed by atoms with Gasteiger partial charge in [-0.25, -0.2) is 14.0 Å². The summed E-state index contributed by atoms with van der Waals surface area (Å²) in [6, 6.07) is 2.62. The van der Waals surface area contributed by atoms with Crippen molar-refractivity contribution in [2.45, 2.75) is 13.5 Å². The van der Waals surface area contributed by atoms with E-state index in [1.165, 1.54) is 6.07 Å². The molecule has 2 aromatic rings. The molecule has 1 heterocycles. The van der Waals surface area contributed by atoms with Gasteiger partial charge in [-0.1, -0.05) is 5.16 Å². The molecule has 2 amide bonds. The molecule has 0 saturated heterocycles. The fourth-order valence-corrected chi connectivity index (χ4v) is 1.51. The second kappa shape index (κ2) is 5.99. The zero-order valence-corrected chi connectivity index (χ0v) is 10.9. The summed E-state index contributed by atoms with van der Waals surface area (Å²) in [5.41, 5.74) is -0.378. The Balaban J connectivity index is 1.96. The van der Waals surface area contributed by atoms with Gasteiger partial charge in [-0.2, -0.15) is 4.98 Å². The molecule has 0 aliphatic carbocycles. The first-order valence-electron chi connectivity index (χ1n) is 5.82. The van der Waals surface area contributed by atoms with Crippen LogP contribution in [0.2, 0.25) is 0 Å². The molecule has 0 aliphatic heterocycles. The first kappa shape index (κ1) is 14.4. The maximum Gasteiger partial charge on any atom is 0.338 e. The van der Waals surface area contributed by atoms with Crippen LogP contribution in [0.3, 0.4) is 0 Å². The zero-order chi connectivity index (χ0) is 15.4. The predicted molar refractivity (Wildman–Crippen MR) is 68.3 cm³/mol. The van der Waals surface area contributed by atoms with Crippen molar-refractivity contribution in [3.8, 4) is 0 Å². The van der Waals surface area contributed by atoms with Crippen molar-refractivity contribution >= 4 is 17.7 Å². The number of carbonyl (C=O) groups is 2. The lowest BCUT2D eigenvalue weighted by atomic mass is 10.2. The standard InChI is InChI=1S/C12H11FN4O4/c1-6-15-10(17-21-6)5-14-12(20)16-7-2-3-9(13)8(4-7)11(18)19/h2-4H,5H2,1H3,(H,18,19)(H2,14,16,20). The van der Waals surface area contributed by atoms with Gasteiger partial charge in [0.15, 0.2) is 5.82 Å². The van der Waals surface area contributed by atoms with Crippen molar-refractivity contribution in [3.63, 3.8) is 0 Å². The highest BCUT2D eigenvalue weighted by Crippen LogP contribution is 2.14. The van der Waals surface area contributed by atoms with E-state index >= 15 is 0 Å². The number of benzene rings is 1. The molecule has 0 atom stereocenters. The highest BCUT2D eigenvalue weighted by Gasteiger charge is 2.12. The number of rotatable bonds is 4. The average molecular weight is 294 g/mol. The Morgan fingerprint density at radius 2 is 2.19 bits per heavy atom. The van der Waals surface area contributed by atoms with Gasteiger partial charge in [-0.3, -0.25) is 0 Å². The van der Waals surface area contributed by atoms with Crippen molar-refractivity contribution in [3.05, 3.63) is 41.3 Å². The number of carboxylic acid groups (broad SMARTS) is 1. The third-order valence-electron chi connectivity index (χ3n) is 2.43. The summed E-state index contributed by atoms with van der Waals surface area (Å²) in [5, 5.41) is 17.2. The molecule has 0 spiro atoms. The molecule has 3 N–H and O–H groups in total. The van der Waals surface area contributed by atoms with Gasteiger partial charge in [0.25, 0.3) is 0 Å². The minimum absolute atomic E-state index is 0.0379. The highest BCUT2D eigenvalue weighted by atomic mass is 19.1. The van der Waals surface area contributed by atoms with E-state index in [-0.39, 0.29) is 12.2 Å². The van der Waals surface area contributed by atoms with Gasteiger partial charge in [0.05, 0.1) is 12.1 Å². The molecule has 0 bridgehead atoms. The van der Waals surface area contributed by atoms with Gasteiger partial charge in [-0.05, 0) is 18.2 Å². The number of urea groups is 1. The molecule has 1 aromatic heterocycles. The van der Waals surface area contributed by atoms with Crippen molar-refractivity contribution in [1.82, 2.24) is 15.5 Å². The van der Waals surface area contributed by atoms with Crippen LogP contribution in [0.1, 0.15) is 22.1 Å². The van der Waals surface area contributed by atoms with Crippen LogP contribution >= 0.6 is 0 Å². The van der Waals surface area contributed by atoms with Gasteiger partial charge in [0, 0.05) is 12.6 Å². The summed E-state index contributed by atoms with van der Waals surface area (Å²) in [5.74, 6) is -1.63. The molecule has 21 heavy (non-hydrogen) atoms. The lowest BCUT2D eigenvalue weighted by molar-refractivity contribution is 0.0692. The summed E-state index contributed by atoms with van der Waals surface area (Å²) in [7, 11) is 0. The normalized spacial score (nSPS) is 10.2. The van der Waals surface area contributed by atoms with Gasteiger partial charge >= 0.3 is 12.0 Å². The van der Waals surface area contributed by atoms with Crippen molar-refractivity contribution in [1.29, 1.82) is 0 Å². The van der Waals surface area contributed by atoms with E-state index < -0.39 is 23.4 Å². The summed E-state index contributed by atoms with van der Waals surface area (Å²) in [4.78, 5) is 26.3. The minimum atomic E-state index is -1.42. The average Bonchev–Trinajstić information content (AvgIpc) is 2.84. The van der Waals surface area contributed by atoms with E-state index in [0.29, 0.717) is 11.7 Å². The molecular weight excluding hydrogens is 283 g/mol. The Bertz CT molecular complexity index is 686. The monoisotopic (exact) mass is 294 g/mol. The lowest BCUT2D eigenvalue weighted by Gasteiger charge is -2.07. The van der Waals surface area contributed by atoms with Crippen LogP contribution in [0, 0.1) is 12.7 Å². The summed E-state index contributed by atoms with van der Waals surface area (Å²) < 4.78 is 17.9. The molecule has 0 aliphatic rings. The van der Waals surface area contributed by atoms with Gasteiger partial charge < -0.3 is 20.3 Å². The van der Waals surface area contributed by atoms with E-state index in [9.17, 15) is 14.0 Å². The Hall–Kier alpha value is -2.97. The Kier molecular flexibility index (Phi) is 4.12. The third-order valence-corrected chi connectivity index (χ3v) is 2.43. The summed E-state index contributed by atoms with van der Waals surface area (Å²) in [6.45, 7) is 1.65. The van der Waals surface area contributed by atoms with Gasteiger partial charge in [0.1, 0.15) is 5.82 Å². The molecule has 110 valence electrons. The largest absolute Gasteiger partial charge is 0.478 e. The molecule has 0 radical (unpaired) electrons. The molecule has 0 fully saturated rings. The molecule has 0 saturated carbocycles. The third kappa shape index (κ3) is 3.75. The number of nitrogens with one attached hydrogen (secondary N) is 2. The minimum Gasteiger partial charge on any atom is -0.478 e. The number of aryl methyl sites for hydroxylation is 1. The molecule has 0 unspecified atom stereocenters. The van der Waals surface area contributed by atoms with E-state index in [2.05, 4.69) is 20.8 Å². The second-order valence-electron chi connectivity index (χ2n) is 4.04. The number of amides is 2. The second-order valence-corrected chi connectivity index (χ2v) is 4.04. The Labute approximate surface area is 118 Å². The fraction of sp³-hybridized carbons (Fsp3) is 0.167. The Morgan fingerprint density at radius 3 is 2.81 bits per heavy atom. The van der Waals surface area contributed by atoms with E-state index in [1.54, 1.807) is 6.92 Å². The number of carboxylic acids is 1. The maximum atomic E-state index is 13.2. The fourth-order valence-electron chi connectivity index (χ4n) is 1.51. The van der Waals surface area contributed by atoms with E-state index in [0.717, 1.165) is 12.1 Å². The molecule has 2 rings (SSSR count). The quantitative estimate of drug-likeness (QED) is 0.787. The van der Waals surface area contributed by atoms with Gasteiger partial charge in [-0.15, -0.1) is 0 Å². The van der Waals surface area contributed by atoms with Crippen LogP contribution in [0.4, 0.5) is 14.9 Å². The number of nitrogens with zero attached hydrogens (tertiary/aromatic N) is 2. The number of carbonyl (C=O) groups excluding carboxylic acids is 1. The predicted octanol–water partition coefficient (Wildman–Crippen LogP) is 1.54. The summed E-state index contributed by atoms with van der Waals surface area (Å²) >= 11 is 0. The van der Waals surface area contributed by atoms with Crippen molar-refractivity contribution in [2.24, 2.45) is 0 Å². The SMILES string of the molecule is Cc1nc(CNC(=O)Nc2ccc(F)c(C(=O)O)c2)no1. The molecular formula is C12H11FN4O4. The number of hydrogen-bond donors (Lipinski definition) is 3. The number of halogens is 1. The van der Waals surface area contributed by atoms with Crippen LogP contribution in [0.5, 0.6) is 0 Å². The van der Waals surface area contributed by atoms with E-state index in [1.807, 2.05) is 0 Å². The lowest BCUT2D eigenvalue weighted by Crippen LogP contribution is -2.28. The summed E-state index contributed by atoms with van der Waals surface area (Å²) in [6.07, 6.45) is 0. The van der Waals surface area contributed by atoms with Crippen LogP contribution < -0.4 is 10.6 Å². The number of aromatic nitrogens is 2. The Morgan fingerprint density at radius 1 is 1.43 bits per heavy atom. The van der Waals surface area contributed by atoms with E-state index in [4.69, 9.17) is 9.63 Å². The number of anilines is 1. The topological polar surface area (TPSA) is 117 Å².